The van der Waals surface area contributed by atoms with Gasteiger partial charge in [-0.2, -0.15) is 18.4 Å². The van der Waals surface area contributed by atoms with E-state index in [1.165, 1.54) is 24.3 Å². The van der Waals surface area contributed by atoms with E-state index in [1.807, 2.05) is 0 Å². The Hall–Kier alpha value is -2.49. The summed E-state index contributed by atoms with van der Waals surface area (Å²) >= 11 is 0. The number of nitrogens with zero attached hydrogens (tertiary/aromatic N) is 1. The highest BCUT2D eigenvalue weighted by Crippen LogP contribution is 2.54. The number of para-hydroxylation sites is 1. The molecule has 1 aliphatic rings. The van der Waals surface area contributed by atoms with Crippen LogP contribution in [-0.2, 0) is 4.79 Å². The molecule has 1 atom stereocenters. The van der Waals surface area contributed by atoms with Crippen LogP contribution < -0.4 is 4.74 Å². The zero-order valence-corrected chi connectivity index (χ0v) is 11.7. The molecule has 7 heteroatoms. The van der Waals surface area contributed by atoms with E-state index in [1.54, 1.807) is 6.07 Å². The van der Waals surface area contributed by atoms with E-state index < -0.39 is 28.7 Å². The predicted molar refractivity (Wildman–Crippen MR) is 70.9 cm³/mol. The molecule has 0 radical (unpaired) electrons. The zero-order chi connectivity index (χ0) is 16.8. The Bertz CT molecular complexity index is 701. The Morgan fingerprint density at radius 1 is 1.32 bits per heavy atom. The minimum atomic E-state index is -5.09. The number of halogens is 3. The van der Waals surface area contributed by atoms with Crippen LogP contribution in [0.25, 0.3) is 6.08 Å². The molecule has 1 aromatic rings. The first kappa shape index (κ1) is 15.9. The fourth-order valence-electron chi connectivity index (χ4n) is 2.49. The zero-order valence-electron chi connectivity index (χ0n) is 11.7. The summed E-state index contributed by atoms with van der Waals surface area (Å²) < 4.78 is 46.5. The van der Waals surface area contributed by atoms with Gasteiger partial charge in [-0.25, -0.2) is 4.79 Å². The summed E-state index contributed by atoms with van der Waals surface area (Å²) in [6, 6.07) is 7.29. The maximum atomic E-state index is 13.8. The number of ether oxygens (including phenoxy) is 1. The second kappa shape index (κ2) is 4.77. The van der Waals surface area contributed by atoms with Gasteiger partial charge in [-0.3, -0.25) is 0 Å². The van der Waals surface area contributed by atoms with E-state index in [9.17, 15) is 28.3 Å². The van der Waals surface area contributed by atoms with Gasteiger partial charge in [-0.05, 0) is 26.0 Å². The second-order valence-electron chi connectivity index (χ2n) is 5.42. The Balaban J connectivity index is 2.85. The van der Waals surface area contributed by atoms with Gasteiger partial charge in [0.1, 0.15) is 11.2 Å². The SMILES string of the molecule is CC(C)(C#N)C1(C(F)(F)F)Oc2ccccc2C=C1C(=O)O. The van der Waals surface area contributed by atoms with Crippen LogP contribution in [0.4, 0.5) is 13.2 Å². The average Bonchev–Trinajstić information content (AvgIpc) is 2.44. The van der Waals surface area contributed by atoms with Gasteiger partial charge >= 0.3 is 12.1 Å². The number of carboxylic acid groups (broad SMARTS) is 1. The van der Waals surface area contributed by atoms with Gasteiger partial charge in [-0.1, -0.05) is 18.2 Å². The highest BCUT2D eigenvalue weighted by molar-refractivity contribution is 5.96. The number of hydrogen-bond donors (Lipinski definition) is 1. The number of carboxylic acids is 1. The van der Waals surface area contributed by atoms with Crippen LogP contribution in [0.5, 0.6) is 5.75 Å². The number of benzene rings is 1. The van der Waals surface area contributed by atoms with Crippen LogP contribution in [0, 0.1) is 16.7 Å². The molecular formula is C15H12F3NO3. The number of nitriles is 1. The van der Waals surface area contributed by atoms with Crippen molar-refractivity contribution in [1.82, 2.24) is 0 Å². The Morgan fingerprint density at radius 3 is 2.41 bits per heavy atom. The van der Waals surface area contributed by atoms with Crippen LogP contribution in [0.2, 0.25) is 0 Å². The molecule has 1 aromatic carbocycles. The van der Waals surface area contributed by atoms with E-state index in [4.69, 9.17) is 4.74 Å². The van der Waals surface area contributed by atoms with Crippen molar-refractivity contribution in [2.75, 3.05) is 0 Å². The summed E-state index contributed by atoms with van der Waals surface area (Å²) in [5.41, 5.74) is -6.20. The number of alkyl halides is 3. The standard InChI is InChI=1S/C15H12F3NO3/c1-13(2,8-19)14(15(16,17)18)10(12(20)21)7-9-5-3-4-6-11(9)22-14/h3-7H,1-2H3,(H,20,21). The van der Waals surface area contributed by atoms with Crippen molar-refractivity contribution in [1.29, 1.82) is 5.26 Å². The van der Waals surface area contributed by atoms with E-state index in [-0.39, 0.29) is 11.3 Å². The molecule has 116 valence electrons. The van der Waals surface area contributed by atoms with Gasteiger partial charge < -0.3 is 9.84 Å². The summed E-state index contributed by atoms with van der Waals surface area (Å²) in [5, 5.41) is 18.4. The molecule has 1 heterocycles. The van der Waals surface area contributed by atoms with Crippen LogP contribution in [0.3, 0.4) is 0 Å². The first-order chi connectivity index (χ1) is 10.1. The maximum absolute atomic E-state index is 13.8. The van der Waals surface area contributed by atoms with E-state index in [0.29, 0.717) is 0 Å². The number of hydrogen-bond acceptors (Lipinski definition) is 3. The molecular weight excluding hydrogens is 299 g/mol. The number of fused-ring (bicyclic) bond motifs is 1. The van der Waals surface area contributed by atoms with E-state index in [2.05, 4.69) is 0 Å². The molecule has 1 N–H and O–H groups in total. The van der Waals surface area contributed by atoms with Gasteiger partial charge in [-0.15, -0.1) is 0 Å². The lowest BCUT2D eigenvalue weighted by molar-refractivity contribution is -0.260. The van der Waals surface area contributed by atoms with Crippen molar-refractivity contribution in [2.45, 2.75) is 25.6 Å². The molecule has 0 spiro atoms. The molecule has 4 nitrogen and oxygen atoms in total. The van der Waals surface area contributed by atoms with Gasteiger partial charge in [0.05, 0.1) is 11.6 Å². The minimum Gasteiger partial charge on any atom is -0.478 e. The number of rotatable bonds is 2. The molecule has 0 bridgehead atoms. The quantitative estimate of drug-likeness (QED) is 0.908. The van der Waals surface area contributed by atoms with Crippen molar-refractivity contribution < 1.29 is 27.8 Å². The maximum Gasteiger partial charge on any atom is 0.434 e. The Labute approximate surface area is 124 Å². The van der Waals surface area contributed by atoms with Gasteiger partial charge in [0.25, 0.3) is 5.60 Å². The summed E-state index contributed by atoms with van der Waals surface area (Å²) in [4.78, 5) is 11.4. The summed E-state index contributed by atoms with van der Waals surface area (Å²) in [5.74, 6) is -1.90. The molecule has 0 aliphatic carbocycles. The summed E-state index contributed by atoms with van der Waals surface area (Å²) in [7, 11) is 0. The average molecular weight is 311 g/mol. The highest BCUT2D eigenvalue weighted by atomic mass is 19.4. The third-order valence-corrected chi connectivity index (χ3v) is 3.65. The normalized spacial score (nSPS) is 21.2. The third kappa shape index (κ3) is 2.03. The Kier molecular flexibility index (Phi) is 3.44. The van der Waals surface area contributed by atoms with Gasteiger partial charge in [0, 0.05) is 5.56 Å². The lowest BCUT2D eigenvalue weighted by Gasteiger charge is -2.45. The van der Waals surface area contributed by atoms with Crippen LogP contribution in [0.15, 0.2) is 29.8 Å². The summed E-state index contributed by atoms with van der Waals surface area (Å²) in [6.45, 7) is 2.01. The molecule has 0 saturated carbocycles. The van der Waals surface area contributed by atoms with Crippen LogP contribution >= 0.6 is 0 Å². The molecule has 2 rings (SSSR count). The van der Waals surface area contributed by atoms with E-state index in [0.717, 1.165) is 19.9 Å². The predicted octanol–water partition coefficient (Wildman–Crippen LogP) is 3.40. The highest BCUT2D eigenvalue weighted by Gasteiger charge is 2.71. The number of aliphatic carboxylic acids is 1. The minimum absolute atomic E-state index is 0.117. The molecule has 22 heavy (non-hydrogen) atoms. The van der Waals surface area contributed by atoms with Crippen LogP contribution in [-0.4, -0.2) is 22.9 Å². The second-order valence-corrected chi connectivity index (χ2v) is 5.42. The fourth-order valence-corrected chi connectivity index (χ4v) is 2.49. The van der Waals surface area contributed by atoms with Crippen molar-refractivity contribution in [3.05, 3.63) is 35.4 Å². The first-order valence-corrected chi connectivity index (χ1v) is 6.28. The van der Waals surface area contributed by atoms with E-state index >= 15 is 0 Å². The van der Waals surface area contributed by atoms with Crippen molar-refractivity contribution in [3.63, 3.8) is 0 Å². The van der Waals surface area contributed by atoms with Crippen molar-refractivity contribution in [2.24, 2.45) is 5.41 Å². The number of carbonyl (C=O) groups is 1. The smallest absolute Gasteiger partial charge is 0.434 e. The lowest BCUT2D eigenvalue weighted by atomic mass is 9.69. The van der Waals surface area contributed by atoms with Crippen molar-refractivity contribution >= 4 is 12.0 Å². The fraction of sp³-hybridized carbons (Fsp3) is 0.333. The molecule has 0 amide bonds. The molecule has 1 aliphatic heterocycles. The lowest BCUT2D eigenvalue weighted by Crippen LogP contribution is -2.63. The Morgan fingerprint density at radius 2 is 1.91 bits per heavy atom. The van der Waals surface area contributed by atoms with Gasteiger partial charge in [0.2, 0.25) is 0 Å². The van der Waals surface area contributed by atoms with Crippen LogP contribution in [0.1, 0.15) is 19.4 Å². The third-order valence-electron chi connectivity index (χ3n) is 3.65. The van der Waals surface area contributed by atoms with Gasteiger partial charge in [0.15, 0.2) is 0 Å². The molecule has 0 fully saturated rings. The summed E-state index contributed by atoms with van der Waals surface area (Å²) in [6.07, 6.45) is -4.18. The molecule has 0 aromatic heterocycles. The molecule has 1 unspecified atom stereocenters. The molecule has 0 saturated heterocycles. The topological polar surface area (TPSA) is 70.3 Å². The van der Waals surface area contributed by atoms with Crippen molar-refractivity contribution in [3.8, 4) is 11.8 Å². The first-order valence-electron chi connectivity index (χ1n) is 6.28. The largest absolute Gasteiger partial charge is 0.478 e. The monoisotopic (exact) mass is 311 g/mol.